The Morgan fingerprint density at radius 2 is 2.22 bits per heavy atom. The number of hydrogen-bond donors (Lipinski definition) is 2. The minimum atomic E-state index is -0.489. The van der Waals surface area contributed by atoms with E-state index in [4.69, 9.17) is 4.74 Å². The zero-order chi connectivity index (χ0) is 13.3. The van der Waals surface area contributed by atoms with Crippen LogP contribution in [0.15, 0.2) is 0 Å². The molecular formula is C13H24N2O3. The second kappa shape index (κ2) is 5.05. The maximum atomic E-state index is 12.2. The molecule has 0 unspecified atom stereocenters. The molecule has 2 heterocycles. The van der Waals surface area contributed by atoms with Crippen LogP contribution < -0.4 is 5.32 Å². The fourth-order valence-electron chi connectivity index (χ4n) is 2.99. The van der Waals surface area contributed by atoms with Crippen LogP contribution in [0.1, 0.15) is 33.6 Å². The molecule has 0 saturated carbocycles. The molecule has 0 radical (unpaired) electrons. The number of aliphatic hydroxyl groups excluding tert-OH is 1. The minimum Gasteiger partial charge on any atom is -0.444 e. The first-order chi connectivity index (χ1) is 8.42. The summed E-state index contributed by atoms with van der Waals surface area (Å²) in [4.78, 5) is 14.0. The number of likely N-dealkylation sites (tertiary alicyclic amines) is 1. The SMILES string of the molecule is CC(C)(C)OC(=O)N1[C@@H](CO)C[C@H]2CCNC[C@H]21. The lowest BCUT2D eigenvalue weighted by atomic mass is 9.92. The highest BCUT2D eigenvalue weighted by molar-refractivity contribution is 5.69. The summed E-state index contributed by atoms with van der Waals surface area (Å²) in [5.41, 5.74) is -0.489. The van der Waals surface area contributed by atoms with Crippen LogP contribution >= 0.6 is 0 Å². The Labute approximate surface area is 108 Å². The summed E-state index contributed by atoms with van der Waals surface area (Å²) in [5.74, 6) is 0.496. The van der Waals surface area contributed by atoms with Crippen molar-refractivity contribution in [2.75, 3.05) is 19.7 Å². The Balaban J connectivity index is 2.10. The average molecular weight is 256 g/mol. The van der Waals surface area contributed by atoms with Crippen LogP contribution in [-0.4, -0.2) is 53.5 Å². The number of nitrogens with one attached hydrogen (secondary N) is 1. The van der Waals surface area contributed by atoms with Gasteiger partial charge in [-0.25, -0.2) is 4.79 Å². The molecule has 104 valence electrons. The average Bonchev–Trinajstić information content (AvgIpc) is 2.64. The first kappa shape index (κ1) is 13.6. The quantitative estimate of drug-likeness (QED) is 0.734. The van der Waals surface area contributed by atoms with Gasteiger partial charge in [0, 0.05) is 6.54 Å². The van der Waals surface area contributed by atoms with Crippen LogP contribution in [-0.2, 0) is 4.74 Å². The minimum absolute atomic E-state index is 0.0201. The summed E-state index contributed by atoms with van der Waals surface area (Å²) in [6.45, 7) is 7.43. The van der Waals surface area contributed by atoms with Gasteiger partial charge in [0.2, 0.25) is 0 Å². The molecule has 3 atom stereocenters. The number of rotatable bonds is 1. The molecule has 0 spiro atoms. The Hall–Kier alpha value is -0.810. The van der Waals surface area contributed by atoms with E-state index in [1.807, 2.05) is 20.8 Å². The number of amides is 1. The molecule has 0 bridgehead atoms. The van der Waals surface area contributed by atoms with E-state index in [2.05, 4.69) is 5.32 Å². The van der Waals surface area contributed by atoms with Gasteiger partial charge in [0.15, 0.2) is 0 Å². The molecule has 2 aliphatic rings. The smallest absolute Gasteiger partial charge is 0.410 e. The fraction of sp³-hybridized carbons (Fsp3) is 0.923. The van der Waals surface area contributed by atoms with E-state index in [0.29, 0.717) is 5.92 Å². The normalized spacial score (nSPS) is 32.2. The van der Waals surface area contributed by atoms with E-state index >= 15 is 0 Å². The molecule has 2 aliphatic heterocycles. The fourth-order valence-corrected chi connectivity index (χ4v) is 2.99. The Bertz CT molecular complexity index is 314. The second-order valence-corrected chi connectivity index (χ2v) is 6.28. The molecule has 2 N–H and O–H groups in total. The number of carbonyl (C=O) groups excluding carboxylic acids is 1. The predicted molar refractivity (Wildman–Crippen MR) is 68.3 cm³/mol. The Morgan fingerprint density at radius 1 is 1.50 bits per heavy atom. The number of aliphatic hydroxyl groups is 1. The van der Waals surface area contributed by atoms with Crippen molar-refractivity contribution < 1.29 is 14.6 Å². The van der Waals surface area contributed by atoms with Gasteiger partial charge in [0.25, 0.3) is 0 Å². The van der Waals surface area contributed by atoms with E-state index in [1.54, 1.807) is 4.90 Å². The Morgan fingerprint density at radius 3 is 2.83 bits per heavy atom. The first-order valence-corrected chi connectivity index (χ1v) is 6.75. The van der Waals surface area contributed by atoms with E-state index in [9.17, 15) is 9.90 Å². The van der Waals surface area contributed by atoms with Crippen LogP contribution in [0.5, 0.6) is 0 Å². The second-order valence-electron chi connectivity index (χ2n) is 6.28. The summed E-state index contributed by atoms with van der Waals surface area (Å²) >= 11 is 0. The third-order valence-corrected chi connectivity index (χ3v) is 3.73. The van der Waals surface area contributed by atoms with Crippen LogP contribution in [0.25, 0.3) is 0 Å². The standard InChI is InChI=1S/C13H24N2O3/c1-13(2,3)18-12(17)15-10(8-16)6-9-4-5-14-7-11(9)15/h9-11,14,16H,4-8H2,1-3H3/t9-,10-,11-/m1/s1. The number of fused-ring (bicyclic) bond motifs is 1. The monoisotopic (exact) mass is 256 g/mol. The highest BCUT2D eigenvalue weighted by Crippen LogP contribution is 2.34. The molecule has 5 nitrogen and oxygen atoms in total. The maximum absolute atomic E-state index is 12.2. The van der Waals surface area contributed by atoms with Crippen molar-refractivity contribution >= 4 is 6.09 Å². The van der Waals surface area contributed by atoms with Crippen molar-refractivity contribution in [1.82, 2.24) is 10.2 Å². The molecule has 2 fully saturated rings. The molecule has 0 aromatic carbocycles. The van der Waals surface area contributed by atoms with Crippen molar-refractivity contribution in [2.45, 2.75) is 51.3 Å². The molecular weight excluding hydrogens is 232 g/mol. The summed E-state index contributed by atoms with van der Waals surface area (Å²) in [6.07, 6.45) is 1.67. The van der Waals surface area contributed by atoms with Crippen LogP contribution in [0.4, 0.5) is 4.79 Å². The molecule has 18 heavy (non-hydrogen) atoms. The first-order valence-electron chi connectivity index (χ1n) is 6.75. The van der Waals surface area contributed by atoms with Crippen LogP contribution in [0.2, 0.25) is 0 Å². The van der Waals surface area contributed by atoms with E-state index in [-0.39, 0.29) is 24.8 Å². The van der Waals surface area contributed by atoms with Gasteiger partial charge in [-0.2, -0.15) is 0 Å². The summed E-state index contributed by atoms with van der Waals surface area (Å²) in [5, 5.41) is 12.8. The number of ether oxygens (including phenoxy) is 1. The van der Waals surface area contributed by atoms with Gasteiger partial charge in [0.1, 0.15) is 5.60 Å². The predicted octanol–water partition coefficient (Wildman–Crippen LogP) is 0.966. The van der Waals surface area contributed by atoms with Gasteiger partial charge in [-0.05, 0) is 46.1 Å². The zero-order valence-electron chi connectivity index (χ0n) is 11.5. The lowest BCUT2D eigenvalue weighted by Crippen LogP contribution is -2.51. The third-order valence-electron chi connectivity index (χ3n) is 3.73. The van der Waals surface area contributed by atoms with Gasteiger partial charge < -0.3 is 15.2 Å². The van der Waals surface area contributed by atoms with Gasteiger partial charge in [0.05, 0.1) is 18.7 Å². The third kappa shape index (κ3) is 2.78. The molecule has 2 saturated heterocycles. The largest absolute Gasteiger partial charge is 0.444 e. The molecule has 2 rings (SSSR count). The molecule has 1 amide bonds. The topological polar surface area (TPSA) is 61.8 Å². The van der Waals surface area contributed by atoms with Crippen molar-refractivity contribution in [3.63, 3.8) is 0 Å². The van der Waals surface area contributed by atoms with Crippen molar-refractivity contribution in [3.8, 4) is 0 Å². The van der Waals surface area contributed by atoms with E-state index in [1.165, 1.54) is 0 Å². The molecule has 0 aromatic heterocycles. The van der Waals surface area contributed by atoms with Gasteiger partial charge in [-0.3, -0.25) is 4.90 Å². The molecule has 0 aliphatic carbocycles. The van der Waals surface area contributed by atoms with Crippen LogP contribution in [0, 0.1) is 5.92 Å². The molecule has 5 heteroatoms. The summed E-state index contributed by atoms with van der Waals surface area (Å²) in [7, 11) is 0. The number of hydrogen-bond acceptors (Lipinski definition) is 4. The lowest BCUT2D eigenvalue weighted by molar-refractivity contribution is 0.00647. The van der Waals surface area contributed by atoms with Gasteiger partial charge in [-0.1, -0.05) is 0 Å². The summed E-state index contributed by atoms with van der Waals surface area (Å²) in [6, 6.07) is 0.0838. The van der Waals surface area contributed by atoms with Crippen molar-refractivity contribution in [1.29, 1.82) is 0 Å². The number of carbonyl (C=O) groups is 1. The maximum Gasteiger partial charge on any atom is 0.410 e. The lowest BCUT2D eigenvalue weighted by Gasteiger charge is -2.35. The summed E-state index contributed by atoms with van der Waals surface area (Å²) < 4.78 is 5.45. The van der Waals surface area contributed by atoms with Crippen molar-refractivity contribution in [3.05, 3.63) is 0 Å². The van der Waals surface area contributed by atoms with Gasteiger partial charge in [-0.15, -0.1) is 0 Å². The zero-order valence-corrected chi connectivity index (χ0v) is 11.5. The highest BCUT2D eigenvalue weighted by atomic mass is 16.6. The van der Waals surface area contributed by atoms with Crippen molar-refractivity contribution in [2.24, 2.45) is 5.92 Å². The Kier molecular flexibility index (Phi) is 3.82. The van der Waals surface area contributed by atoms with Crippen LogP contribution in [0.3, 0.4) is 0 Å². The van der Waals surface area contributed by atoms with E-state index in [0.717, 1.165) is 25.9 Å². The number of piperidine rings is 1. The highest BCUT2D eigenvalue weighted by Gasteiger charge is 2.45. The number of nitrogens with zero attached hydrogens (tertiary/aromatic N) is 1. The molecule has 0 aromatic rings. The van der Waals surface area contributed by atoms with Gasteiger partial charge >= 0.3 is 6.09 Å². The van der Waals surface area contributed by atoms with E-state index < -0.39 is 5.60 Å².